The van der Waals surface area contributed by atoms with Crippen LogP contribution >= 0.6 is 0 Å². The molecule has 0 unspecified atom stereocenters. The van der Waals surface area contributed by atoms with Crippen LogP contribution in [0.15, 0.2) is 24.3 Å². The number of unbranched alkanes of at least 4 members (excludes halogenated alkanes) is 7. The molecule has 0 aromatic carbocycles. The minimum atomic E-state index is -0.935. The second kappa shape index (κ2) is 34.6. The predicted molar refractivity (Wildman–Crippen MR) is 109 cm³/mol. The molecule has 0 bridgehead atoms. The second-order valence-corrected chi connectivity index (χ2v) is 5.29. The van der Waals surface area contributed by atoms with E-state index in [1.165, 1.54) is 65.2 Å². The van der Waals surface area contributed by atoms with Gasteiger partial charge in [0.05, 0.1) is 0 Å². The third kappa shape index (κ3) is 57.2. The number of carboxylic acids is 2. The average molecular weight is 379 g/mol. The largest absolute Gasteiger partial charge is 0.478 e. The standard InChI is InChI=1S/C10H22.2C4H6O2.2CH4O/c1-3-5-7-9-10-8-6-4-2;2*1-3(2)4(5)6;2*1-2/h3-10H2,1-2H3;2*1H2,2H3,(H,5,6);2*2H,1H3. The molecule has 0 saturated carbocycles. The Bertz CT molecular complexity index is 268. The summed E-state index contributed by atoms with van der Waals surface area (Å²) in [6.07, 6.45) is 11.5. The van der Waals surface area contributed by atoms with Crippen molar-refractivity contribution < 1.29 is 30.0 Å². The number of carboxylic acid groups (broad SMARTS) is 2. The van der Waals surface area contributed by atoms with E-state index in [1.807, 2.05) is 0 Å². The highest BCUT2D eigenvalue weighted by atomic mass is 16.4. The van der Waals surface area contributed by atoms with Gasteiger partial charge < -0.3 is 20.4 Å². The first-order chi connectivity index (χ1) is 12.2. The molecule has 0 saturated heterocycles. The zero-order valence-electron chi connectivity index (χ0n) is 17.7. The summed E-state index contributed by atoms with van der Waals surface area (Å²) in [5.41, 5.74) is 0.352. The summed E-state index contributed by atoms with van der Waals surface area (Å²) in [5, 5.41) is 29.8. The van der Waals surface area contributed by atoms with Crippen LogP contribution in [0.5, 0.6) is 0 Å². The van der Waals surface area contributed by atoms with Crippen LogP contribution in [0.4, 0.5) is 0 Å². The number of hydrogen-bond acceptors (Lipinski definition) is 4. The number of aliphatic carboxylic acids is 2. The summed E-state index contributed by atoms with van der Waals surface area (Å²) in [5.74, 6) is -1.87. The molecule has 0 fully saturated rings. The molecule has 4 N–H and O–H groups in total. The molecule has 0 aliphatic carbocycles. The van der Waals surface area contributed by atoms with Gasteiger partial charge in [0.1, 0.15) is 0 Å². The summed E-state index contributed by atoms with van der Waals surface area (Å²) in [6.45, 7) is 13.7. The zero-order chi connectivity index (χ0) is 22.0. The fourth-order valence-electron chi connectivity index (χ4n) is 1.21. The highest BCUT2D eigenvalue weighted by molar-refractivity contribution is 5.85. The van der Waals surface area contributed by atoms with E-state index in [-0.39, 0.29) is 11.1 Å². The fourth-order valence-corrected chi connectivity index (χ4v) is 1.21. The first-order valence-electron chi connectivity index (χ1n) is 8.87. The Morgan fingerprint density at radius 3 is 0.885 bits per heavy atom. The van der Waals surface area contributed by atoms with Gasteiger partial charge in [-0.3, -0.25) is 0 Å². The van der Waals surface area contributed by atoms with Crippen LogP contribution in [0.25, 0.3) is 0 Å². The maximum Gasteiger partial charge on any atom is 0.330 e. The molecule has 0 aliphatic heterocycles. The quantitative estimate of drug-likeness (QED) is 0.343. The van der Waals surface area contributed by atoms with Crippen molar-refractivity contribution in [1.29, 1.82) is 0 Å². The van der Waals surface area contributed by atoms with Crippen LogP contribution in [0.2, 0.25) is 0 Å². The van der Waals surface area contributed by atoms with E-state index in [9.17, 15) is 9.59 Å². The van der Waals surface area contributed by atoms with E-state index in [0.29, 0.717) is 0 Å². The van der Waals surface area contributed by atoms with Gasteiger partial charge in [-0.15, -0.1) is 0 Å². The predicted octanol–water partition coefficient (Wildman–Crippen LogP) is 4.66. The molecule has 0 heterocycles. The summed E-state index contributed by atoms with van der Waals surface area (Å²) in [6, 6.07) is 0. The first kappa shape index (κ1) is 35.4. The molecule has 0 aromatic rings. The van der Waals surface area contributed by atoms with E-state index in [0.717, 1.165) is 14.2 Å². The van der Waals surface area contributed by atoms with E-state index < -0.39 is 11.9 Å². The van der Waals surface area contributed by atoms with Crippen LogP contribution < -0.4 is 0 Å². The molecule has 0 amide bonds. The Hall–Kier alpha value is -1.66. The van der Waals surface area contributed by atoms with Gasteiger partial charge in [0.15, 0.2) is 0 Å². The summed E-state index contributed by atoms with van der Waals surface area (Å²) < 4.78 is 0. The Balaban J connectivity index is -0.0000000802. The second-order valence-electron chi connectivity index (χ2n) is 5.29. The molecular formula is C20H42O6. The number of carbonyl (C=O) groups is 2. The van der Waals surface area contributed by atoms with E-state index in [4.69, 9.17) is 20.4 Å². The highest BCUT2D eigenvalue weighted by Crippen LogP contribution is 2.07. The van der Waals surface area contributed by atoms with Crippen LogP contribution in [-0.2, 0) is 9.59 Å². The molecule has 6 heteroatoms. The molecule has 158 valence electrons. The van der Waals surface area contributed by atoms with Crippen molar-refractivity contribution in [3.8, 4) is 0 Å². The van der Waals surface area contributed by atoms with Crippen LogP contribution in [0, 0.1) is 0 Å². The molecule has 26 heavy (non-hydrogen) atoms. The van der Waals surface area contributed by atoms with Gasteiger partial charge in [-0.2, -0.15) is 0 Å². The lowest BCUT2D eigenvalue weighted by molar-refractivity contribution is -0.133. The maximum absolute atomic E-state index is 9.60. The highest BCUT2D eigenvalue weighted by Gasteiger charge is 1.90. The Morgan fingerprint density at radius 2 is 0.769 bits per heavy atom. The van der Waals surface area contributed by atoms with Crippen molar-refractivity contribution >= 4 is 11.9 Å². The summed E-state index contributed by atoms with van der Waals surface area (Å²) >= 11 is 0. The van der Waals surface area contributed by atoms with Crippen LogP contribution in [-0.4, -0.2) is 46.6 Å². The first-order valence-corrected chi connectivity index (χ1v) is 8.87. The number of aliphatic hydroxyl groups is 2. The SMILES string of the molecule is C=C(C)C(=O)O.C=C(C)C(=O)O.CCCCCCCCCC.CO.CO. The normalized spacial score (nSPS) is 7.85. The van der Waals surface area contributed by atoms with Crippen LogP contribution in [0.1, 0.15) is 79.1 Å². The lowest BCUT2D eigenvalue weighted by Gasteiger charge is -1.97. The topological polar surface area (TPSA) is 115 Å². The Labute approximate surface area is 160 Å². The van der Waals surface area contributed by atoms with Crippen molar-refractivity contribution in [3.05, 3.63) is 24.3 Å². The minimum Gasteiger partial charge on any atom is -0.478 e. The van der Waals surface area contributed by atoms with Gasteiger partial charge in [0, 0.05) is 25.4 Å². The lowest BCUT2D eigenvalue weighted by Crippen LogP contribution is -1.92. The molecule has 0 aromatic heterocycles. The third-order valence-corrected chi connectivity index (χ3v) is 2.69. The number of hydrogen-bond donors (Lipinski definition) is 4. The number of rotatable bonds is 9. The van der Waals surface area contributed by atoms with Crippen molar-refractivity contribution in [1.82, 2.24) is 0 Å². The van der Waals surface area contributed by atoms with E-state index in [1.54, 1.807) is 0 Å². The average Bonchev–Trinajstić information content (AvgIpc) is 2.62. The van der Waals surface area contributed by atoms with Gasteiger partial charge in [-0.1, -0.05) is 78.4 Å². The molecule has 0 rings (SSSR count). The third-order valence-electron chi connectivity index (χ3n) is 2.69. The minimum absolute atomic E-state index is 0.176. The van der Waals surface area contributed by atoms with Gasteiger partial charge in [-0.05, 0) is 13.8 Å². The molecule has 0 spiro atoms. The van der Waals surface area contributed by atoms with Crippen molar-refractivity contribution in [2.24, 2.45) is 0 Å². The molecule has 0 aliphatic rings. The van der Waals surface area contributed by atoms with E-state index >= 15 is 0 Å². The van der Waals surface area contributed by atoms with Crippen molar-refractivity contribution in [3.63, 3.8) is 0 Å². The van der Waals surface area contributed by atoms with Gasteiger partial charge in [-0.25, -0.2) is 9.59 Å². The zero-order valence-corrected chi connectivity index (χ0v) is 17.7. The van der Waals surface area contributed by atoms with Crippen molar-refractivity contribution in [2.75, 3.05) is 14.2 Å². The van der Waals surface area contributed by atoms with Crippen molar-refractivity contribution in [2.45, 2.75) is 79.1 Å². The summed E-state index contributed by atoms with van der Waals surface area (Å²) in [7, 11) is 2.00. The lowest BCUT2D eigenvalue weighted by atomic mass is 10.1. The Kier molecular flexibility index (Phi) is 47.2. The maximum atomic E-state index is 9.60. The van der Waals surface area contributed by atoms with E-state index in [2.05, 4.69) is 27.0 Å². The molecule has 0 atom stereocenters. The molecular weight excluding hydrogens is 336 g/mol. The fraction of sp³-hybridized carbons (Fsp3) is 0.700. The monoisotopic (exact) mass is 378 g/mol. The Morgan fingerprint density at radius 1 is 0.615 bits per heavy atom. The van der Waals surface area contributed by atoms with Crippen LogP contribution in [0.3, 0.4) is 0 Å². The molecule has 0 radical (unpaired) electrons. The van der Waals surface area contributed by atoms with Gasteiger partial charge in [0.2, 0.25) is 0 Å². The van der Waals surface area contributed by atoms with Gasteiger partial charge in [0.25, 0.3) is 0 Å². The summed E-state index contributed by atoms with van der Waals surface area (Å²) in [4.78, 5) is 19.2. The smallest absolute Gasteiger partial charge is 0.330 e. The van der Waals surface area contributed by atoms with Gasteiger partial charge >= 0.3 is 11.9 Å². The number of aliphatic hydroxyl groups excluding tert-OH is 2. The molecule has 6 nitrogen and oxygen atoms in total.